The molecule has 1 aromatic rings. The SMILES string of the molecule is C=CCNC(=O)CN1CCN(C(=O)n2ccnc2)CC1. The zero-order chi connectivity index (χ0) is 14.4. The molecule has 20 heavy (non-hydrogen) atoms. The number of carbonyl (C=O) groups is 2. The quantitative estimate of drug-likeness (QED) is 0.772. The lowest BCUT2D eigenvalue weighted by atomic mass is 10.3. The van der Waals surface area contributed by atoms with Crippen LogP contribution in [0.2, 0.25) is 0 Å². The van der Waals surface area contributed by atoms with E-state index in [1.807, 2.05) is 4.90 Å². The average Bonchev–Trinajstić information content (AvgIpc) is 2.99. The number of rotatable bonds is 4. The zero-order valence-electron chi connectivity index (χ0n) is 11.4. The molecule has 0 unspecified atom stereocenters. The van der Waals surface area contributed by atoms with Crippen LogP contribution in [0.3, 0.4) is 0 Å². The fourth-order valence-corrected chi connectivity index (χ4v) is 2.08. The van der Waals surface area contributed by atoms with Crippen molar-refractivity contribution < 1.29 is 9.59 Å². The first kappa shape index (κ1) is 14.3. The monoisotopic (exact) mass is 277 g/mol. The Hall–Kier alpha value is -2.15. The highest BCUT2D eigenvalue weighted by Crippen LogP contribution is 2.04. The lowest BCUT2D eigenvalue weighted by Gasteiger charge is -2.34. The summed E-state index contributed by atoms with van der Waals surface area (Å²) in [6.45, 7) is 7.03. The van der Waals surface area contributed by atoms with Crippen molar-refractivity contribution in [3.05, 3.63) is 31.4 Å². The number of hydrogen-bond donors (Lipinski definition) is 1. The minimum absolute atomic E-state index is 0.0145. The molecule has 0 spiro atoms. The van der Waals surface area contributed by atoms with E-state index in [1.165, 1.54) is 10.9 Å². The number of imidazole rings is 1. The molecule has 1 aliphatic rings. The van der Waals surface area contributed by atoms with E-state index in [9.17, 15) is 9.59 Å². The summed E-state index contributed by atoms with van der Waals surface area (Å²) in [5.41, 5.74) is 0. The van der Waals surface area contributed by atoms with Crippen LogP contribution in [0.25, 0.3) is 0 Å². The molecule has 2 heterocycles. The van der Waals surface area contributed by atoms with E-state index in [1.54, 1.807) is 23.4 Å². The predicted molar refractivity (Wildman–Crippen MR) is 74.2 cm³/mol. The molecule has 108 valence electrons. The lowest BCUT2D eigenvalue weighted by molar-refractivity contribution is -0.122. The van der Waals surface area contributed by atoms with E-state index < -0.39 is 0 Å². The summed E-state index contributed by atoms with van der Waals surface area (Å²) in [6.07, 6.45) is 6.37. The summed E-state index contributed by atoms with van der Waals surface area (Å²) in [5, 5.41) is 2.74. The van der Waals surface area contributed by atoms with Gasteiger partial charge in [0.25, 0.3) is 0 Å². The minimum atomic E-state index is -0.0711. The second-order valence-corrected chi connectivity index (χ2v) is 4.61. The molecule has 1 N–H and O–H groups in total. The van der Waals surface area contributed by atoms with Gasteiger partial charge in [0.1, 0.15) is 6.33 Å². The number of carbonyl (C=O) groups excluding carboxylic acids is 2. The van der Waals surface area contributed by atoms with Crippen LogP contribution < -0.4 is 5.32 Å². The Balaban J connectivity index is 1.76. The van der Waals surface area contributed by atoms with Crippen molar-refractivity contribution in [2.45, 2.75) is 0 Å². The van der Waals surface area contributed by atoms with Gasteiger partial charge in [-0.3, -0.25) is 14.3 Å². The lowest BCUT2D eigenvalue weighted by Crippen LogP contribution is -2.51. The topological polar surface area (TPSA) is 70.5 Å². The summed E-state index contributed by atoms with van der Waals surface area (Å²) in [6, 6.07) is -0.0711. The smallest absolute Gasteiger partial charge is 0.329 e. The van der Waals surface area contributed by atoms with E-state index in [4.69, 9.17) is 0 Å². The second-order valence-electron chi connectivity index (χ2n) is 4.61. The maximum absolute atomic E-state index is 12.1. The first-order valence-electron chi connectivity index (χ1n) is 6.58. The first-order valence-corrected chi connectivity index (χ1v) is 6.58. The van der Waals surface area contributed by atoms with Gasteiger partial charge in [-0.15, -0.1) is 6.58 Å². The van der Waals surface area contributed by atoms with Gasteiger partial charge in [-0.25, -0.2) is 9.78 Å². The number of nitrogens with one attached hydrogen (secondary N) is 1. The molecule has 0 bridgehead atoms. The van der Waals surface area contributed by atoms with E-state index in [0.29, 0.717) is 39.3 Å². The number of nitrogens with zero attached hydrogens (tertiary/aromatic N) is 4. The summed E-state index contributed by atoms with van der Waals surface area (Å²) in [7, 11) is 0. The Morgan fingerprint density at radius 2 is 2.05 bits per heavy atom. The van der Waals surface area contributed by atoms with Gasteiger partial charge in [0.05, 0.1) is 6.54 Å². The van der Waals surface area contributed by atoms with Crippen molar-refractivity contribution in [2.75, 3.05) is 39.3 Å². The molecule has 0 aliphatic carbocycles. The van der Waals surface area contributed by atoms with Gasteiger partial charge >= 0.3 is 6.03 Å². The van der Waals surface area contributed by atoms with E-state index in [-0.39, 0.29) is 11.9 Å². The van der Waals surface area contributed by atoms with Crippen LogP contribution in [0.1, 0.15) is 0 Å². The van der Waals surface area contributed by atoms with Crippen LogP contribution >= 0.6 is 0 Å². The van der Waals surface area contributed by atoms with E-state index in [0.717, 1.165) is 0 Å². The van der Waals surface area contributed by atoms with Gasteiger partial charge in [0.15, 0.2) is 0 Å². The third-order valence-corrected chi connectivity index (χ3v) is 3.18. The molecule has 1 aliphatic heterocycles. The van der Waals surface area contributed by atoms with Gasteiger partial charge in [0.2, 0.25) is 5.91 Å². The van der Waals surface area contributed by atoms with Crippen molar-refractivity contribution in [1.82, 2.24) is 24.7 Å². The third kappa shape index (κ3) is 3.67. The maximum Gasteiger partial charge on any atom is 0.329 e. The van der Waals surface area contributed by atoms with Gasteiger partial charge in [-0.2, -0.15) is 0 Å². The second kappa shape index (κ2) is 6.85. The van der Waals surface area contributed by atoms with Crippen LogP contribution in [0, 0.1) is 0 Å². The molecule has 0 aromatic carbocycles. The van der Waals surface area contributed by atoms with Crippen LogP contribution in [-0.2, 0) is 4.79 Å². The molecule has 2 rings (SSSR count). The molecule has 0 radical (unpaired) electrons. The molecule has 1 fully saturated rings. The molecule has 0 atom stereocenters. The molecular weight excluding hydrogens is 258 g/mol. The highest BCUT2D eigenvalue weighted by Gasteiger charge is 2.22. The largest absolute Gasteiger partial charge is 0.352 e. The molecule has 0 saturated carbocycles. The molecular formula is C13H19N5O2. The Morgan fingerprint density at radius 3 is 2.65 bits per heavy atom. The van der Waals surface area contributed by atoms with Crippen LogP contribution in [0.15, 0.2) is 31.4 Å². The molecule has 7 nitrogen and oxygen atoms in total. The predicted octanol–water partition coefficient (Wildman–Crippen LogP) is -0.229. The number of aromatic nitrogens is 2. The van der Waals surface area contributed by atoms with Crippen molar-refractivity contribution >= 4 is 11.9 Å². The summed E-state index contributed by atoms with van der Waals surface area (Å²) >= 11 is 0. The van der Waals surface area contributed by atoms with Crippen LogP contribution in [-0.4, -0.2) is 70.6 Å². The maximum atomic E-state index is 12.1. The van der Waals surface area contributed by atoms with Gasteiger partial charge in [0, 0.05) is 45.1 Å². The van der Waals surface area contributed by atoms with Crippen LogP contribution in [0.5, 0.6) is 0 Å². The third-order valence-electron chi connectivity index (χ3n) is 3.18. The number of hydrogen-bond acceptors (Lipinski definition) is 4. The molecule has 1 aromatic heterocycles. The fraction of sp³-hybridized carbons (Fsp3) is 0.462. The van der Waals surface area contributed by atoms with E-state index >= 15 is 0 Å². The number of piperazine rings is 1. The van der Waals surface area contributed by atoms with Crippen LogP contribution in [0.4, 0.5) is 4.79 Å². The summed E-state index contributed by atoms with van der Waals surface area (Å²) in [4.78, 5) is 31.3. The normalized spacial score (nSPS) is 15.9. The van der Waals surface area contributed by atoms with Crippen molar-refractivity contribution in [1.29, 1.82) is 0 Å². The standard InChI is InChI=1S/C13H19N5O2/c1-2-3-15-12(19)10-16-6-8-17(9-7-16)13(20)18-5-4-14-11-18/h2,4-5,11H,1,3,6-10H2,(H,15,19). The number of amides is 2. The van der Waals surface area contributed by atoms with Crippen molar-refractivity contribution in [3.63, 3.8) is 0 Å². The van der Waals surface area contributed by atoms with Gasteiger partial charge in [-0.1, -0.05) is 6.08 Å². The highest BCUT2D eigenvalue weighted by atomic mass is 16.2. The Morgan fingerprint density at radius 1 is 1.30 bits per heavy atom. The highest BCUT2D eigenvalue weighted by molar-refractivity contribution is 5.78. The molecule has 2 amide bonds. The van der Waals surface area contributed by atoms with Crippen molar-refractivity contribution in [2.24, 2.45) is 0 Å². The zero-order valence-corrected chi connectivity index (χ0v) is 11.4. The van der Waals surface area contributed by atoms with Gasteiger partial charge < -0.3 is 10.2 Å². The van der Waals surface area contributed by atoms with Gasteiger partial charge in [-0.05, 0) is 0 Å². The molecule has 1 saturated heterocycles. The van der Waals surface area contributed by atoms with E-state index in [2.05, 4.69) is 16.9 Å². The first-order chi connectivity index (χ1) is 9.70. The minimum Gasteiger partial charge on any atom is -0.352 e. The van der Waals surface area contributed by atoms with Crippen molar-refractivity contribution in [3.8, 4) is 0 Å². The Kier molecular flexibility index (Phi) is 4.89. The summed E-state index contributed by atoms with van der Waals surface area (Å²) in [5.74, 6) is -0.0145. The summed E-state index contributed by atoms with van der Waals surface area (Å²) < 4.78 is 1.46. The fourth-order valence-electron chi connectivity index (χ4n) is 2.08. The molecule has 7 heteroatoms. The average molecular weight is 277 g/mol. The Labute approximate surface area is 117 Å². The Bertz CT molecular complexity index is 463.